The van der Waals surface area contributed by atoms with Crippen molar-refractivity contribution in [2.45, 2.75) is 32.7 Å². The number of likely N-dealkylation sites (tertiary alicyclic amines) is 1. The van der Waals surface area contributed by atoms with Crippen molar-refractivity contribution in [1.82, 2.24) is 13.6 Å². The van der Waals surface area contributed by atoms with Gasteiger partial charge in [-0.15, -0.1) is 0 Å². The van der Waals surface area contributed by atoms with Crippen molar-refractivity contribution in [1.29, 1.82) is 0 Å². The molecule has 0 aliphatic carbocycles. The molecule has 2 aromatic rings. The second-order valence-corrected chi connectivity index (χ2v) is 6.69. The van der Waals surface area contributed by atoms with Gasteiger partial charge in [-0.3, -0.25) is 0 Å². The Morgan fingerprint density at radius 1 is 1.38 bits per heavy atom. The summed E-state index contributed by atoms with van der Waals surface area (Å²) in [5.74, 6) is 0.686. The van der Waals surface area contributed by atoms with Gasteiger partial charge in [0.2, 0.25) is 0 Å². The van der Waals surface area contributed by atoms with E-state index in [0.717, 1.165) is 28.3 Å². The maximum atomic E-state index is 6.35. The van der Waals surface area contributed by atoms with Crippen LogP contribution in [0.4, 0.5) is 5.69 Å². The number of anilines is 1. The maximum absolute atomic E-state index is 6.35. The number of hydrogen-bond donors (Lipinski definition) is 1. The summed E-state index contributed by atoms with van der Waals surface area (Å²) in [5.41, 5.74) is 2.75. The highest BCUT2D eigenvalue weighted by atomic mass is 35.5. The van der Waals surface area contributed by atoms with Crippen LogP contribution >= 0.6 is 23.3 Å². The number of hydrogen-bond acceptors (Lipinski definition) is 5. The Morgan fingerprint density at radius 2 is 2.14 bits per heavy atom. The Hall–Kier alpha value is -0.910. The highest BCUT2D eigenvalue weighted by Gasteiger charge is 2.24. The first-order chi connectivity index (χ1) is 10.2. The summed E-state index contributed by atoms with van der Waals surface area (Å²) in [5, 5.41) is 4.33. The quantitative estimate of drug-likeness (QED) is 0.926. The first kappa shape index (κ1) is 15.0. The lowest BCUT2D eigenvalue weighted by Gasteiger charge is -2.35. The Balaban J connectivity index is 1.73. The molecule has 1 aliphatic heterocycles. The highest BCUT2D eigenvalue weighted by molar-refractivity contribution is 7.00. The normalized spacial score (nSPS) is 19.0. The summed E-state index contributed by atoms with van der Waals surface area (Å²) in [6.07, 6.45) is 2.48. The van der Waals surface area contributed by atoms with Gasteiger partial charge in [-0.05, 0) is 57.5 Å². The molecule has 114 valence electrons. The molecule has 3 rings (SSSR count). The molecule has 1 aromatic carbocycles. The van der Waals surface area contributed by atoms with Crippen LogP contribution in [0.2, 0.25) is 5.02 Å². The van der Waals surface area contributed by atoms with Crippen molar-refractivity contribution in [2.24, 2.45) is 5.92 Å². The fourth-order valence-electron chi connectivity index (χ4n) is 3.08. The summed E-state index contributed by atoms with van der Waals surface area (Å²) >= 11 is 7.59. The minimum atomic E-state index is 0.397. The number of halogens is 1. The van der Waals surface area contributed by atoms with Gasteiger partial charge in [0.1, 0.15) is 11.0 Å². The molecule has 0 saturated carbocycles. The van der Waals surface area contributed by atoms with E-state index in [1.54, 1.807) is 0 Å². The first-order valence-electron chi connectivity index (χ1n) is 7.58. The zero-order valence-electron chi connectivity index (χ0n) is 12.5. The number of aromatic nitrogens is 2. The molecule has 0 amide bonds. The molecule has 21 heavy (non-hydrogen) atoms. The van der Waals surface area contributed by atoms with E-state index >= 15 is 0 Å². The van der Waals surface area contributed by atoms with E-state index in [2.05, 4.69) is 32.8 Å². The molecular formula is C15H21ClN4S. The maximum Gasteiger partial charge on any atom is 0.129 e. The largest absolute Gasteiger partial charge is 0.379 e. The molecule has 6 heteroatoms. The van der Waals surface area contributed by atoms with Gasteiger partial charge in [-0.2, -0.15) is 8.75 Å². The van der Waals surface area contributed by atoms with Gasteiger partial charge >= 0.3 is 0 Å². The smallest absolute Gasteiger partial charge is 0.129 e. The second kappa shape index (κ2) is 6.46. The van der Waals surface area contributed by atoms with Gasteiger partial charge in [0.15, 0.2) is 0 Å². The van der Waals surface area contributed by atoms with Crippen LogP contribution in [0.3, 0.4) is 0 Å². The van der Waals surface area contributed by atoms with Crippen molar-refractivity contribution >= 4 is 40.0 Å². The van der Waals surface area contributed by atoms with Crippen LogP contribution in [0.5, 0.6) is 0 Å². The molecule has 1 saturated heterocycles. The van der Waals surface area contributed by atoms with Gasteiger partial charge in [0.25, 0.3) is 0 Å². The molecule has 4 nitrogen and oxygen atoms in total. The lowest BCUT2D eigenvalue weighted by molar-refractivity contribution is 0.183. The van der Waals surface area contributed by atoms with Gasteiger partial charge in [0.05, 0.1) is 22.4 Å². The van der Waals surface area contributed by atoms with Crippen LogP contribution in [0.25, 0.3) is 11.0 Å². The molecule has 1 unspecified atom stereocenters. The van der Waals surface area contributed by atoms with E-state index in [1.807, 2.05) is 12.1 Å². The van der Waals surface area contributed by atoms with E-state index in [-0.39, 0.29) is 0 Å². The van der Waals surface area contributed by atoms with E-state index < -0.39 is 0 Å². The average Bonchev–Trinajstić information content (AvgIpc) is 2.99. The van der Waals surface area contributed by atoms with Gasteiger partial charge in [-0.1, -0.05) is 18.5 Å². The Morgan fingerprint density at radius 3 is 2.86 bits per heavy atom. The zero-order valence-corrected chi connectivity index (χ0v) is 14.0. The van der Waals surface area contributed by atoms with E-state index in [0.29, 0.717) is 12.0 Å². The van der Waals surface area contributed by atoms with E-state index in [1.165, 1.54) is 37.7 Å². The van der Waals surface area contributed by atoms with Crippen LogP contribution in [0.15, 0.2) is 12.1 Å². The van der Waals surface area contributed by atoms with Crippen molar-refractivity contribution in [3.05, 3.63) is 17.2 Å². The molecular weight excluding hydrogens is 304 g/mol. The lowest BCUT2D eigenvalue weighted by Crippen LogP contribution is -2.39. The minimum absolute atomic E-state index is 0.397. The topological polar surface area (TPSA) is 41.0 Å². The fourth-order valence-corrected chi connectivity index (χ4v) is 3.83. The van der Waals surface area contributed by atoms with Crippen LogP contribution in [0.1, 0.15) is 26.7 Å². The molecule has 2 heterocycles. The SMILES string of the molecule is CCN1CCC(C(C)Nc2c(Cl)ccc3nsnc23)CC1. The van der Waals surface area contributed by atoms with Gasteiger partial charge in [-0.25, -0.2) is 0 Å². The number of piperidine rings is 1. The Kier molecular flexibility index (Phi) is 4.62. The second-order valence-electron chi connectivity index (χ2n) is 5.76. The minimum Gasteiger partial charge on any atom is -0.379 e. The Bertz CT molecular complexity index is 607. The standard InChI is InChI=1S/C15H21ClN4S/c1-3-20-8-6-11(7-9-20)10(2)17-14-12(16)4-5-13-15(14)19-21-18-13/h4-5,10-11,17H,3,6-9H2,1-2H3. The van der Waals surface area contributed by atoms with Gasteiger partial charge < -0.3 is 10.2 Å². The van der Waals surface area contributed by atoms with Gasteiger partial charge in [0, 0.05) is 6.04 Å². The Labute approximate surface area is 134 Å². The van der Waals surface area contributed by atoms with Crippen LogP contribution in [-0.2, 0) is 0 Å². The fraction of sp³-hybridized carbons (Fsp3) is 0.600. The van der Waals surface area contributed by atoms with Crippen LogP contribution < -0.4 is 5.32 Å². The predicted octanol–water partition coefficient (Wildman–Crippen LogP) is 3.88. The number of rotatable bonds is 4. The summed E-state index contributed by atoms with van der Waals surface area (Å²) < 4.78 is 8.66. The molecule has 1 N–H and O–H groups in total. The molecule has 0 spiro atoms. The monoisotopic (exact) mass is 324 g/mol. The van der Waals surface area contributed by atoms with Crippen LogP contribution in [0, 0.1) is 5.92 Å². The number of benzene rings is 1. The van der Waals surface area contributed by atoms with Crippen molar-refractivity contribution < 1.29 is 0 Å². The van der Waals surface area contributed by atoms with Crippen LogP contribution in [-0.4, -0.2) is 39.3 Å². The summed E-state index contributed by atoms with van der Waals surface area (Å²) in [4.78, 5) is 2.52. The third-order valence-electron chi connectivity index (χ3n) is 4.54. The zero-order chi connectivity index (χ0) is 14.8. The summed E-state index contributed by atoms with van der Waals surface area (Å²) in [7, 11) is 0. The lowest BCUT2D eigenvalue weighted by atomic mass is 9.90. The van der Waals surface area contributed by atoms with Crippen molar-refractivity contribution in [3.8, 4) is 0 Å². The number of nitrogens with zero attached hydrogens (tertiary/aromatic N) is 3. The van der Waals surface area contributed by atoms with Crippen molar-refractivity contribution in [2.75, 3.05) is 25.0 Å². The third-order valence-corrected chi connectivity index (χ3v) is 5.39. The molecule has 1 atom stereocenters. The molecule has 1 fully saturated rings. The molecule has 1 aromatic heterocycles. The predicted molar refractivity (Wildman–Crippen MR) is 90.3 cm³/mol. The van der Waals surface area contributed by atoms with Crippen molar-refractivity contribution in [3.63, 3.8) is 0 Å². The molecule has 0 radical (unpaired) electrons. The molecule has 1 aliphatic rings. The summed E-state index contributed by atoms with van der Waals surface area (Å²) in [6.45, 7) is 8.04. The third kappa shape index (κ3) is 3.15. The first-order valence-corrected chi connectivity index (χ1v) is 8.69. The van der Waals surface area contributed by atoms with E-state index in [9.17, 15) is 0 Å². The number of nitrogens with one attached hydrogen (secondary N) is 1. The average molecular weight is 325 g/mol. The molecule has 0 bridgehead atoms. The van der Waals surface area contributed by atoms with E-state index in [4.69, 9.17) is 11.6 Å². The highest BCUT2D eigenvalue weighted by Crippen LogP contribution is 2.32. The number of fused-ring (bicyclic) bond motifs is 1. The summed E-state index contributed by atoms with van der Waals surface area (Å²) in [6, 6.07) is 4.23.